The van der Waals surface area contributed by atoms with E-state index in [0.717, 1.165) is 25.7 Å². The fourth-order valence-corrected chi connectivity index (χ4v) is 10.0. The van der Waals surface area contributed by atoms with Gasteiger partial charge >= 0.3 is 5.97 Å². The van der Waals surface area contributed by atoms with E-state index in [-0.39, 0.29) is 57.3 Å². The molecule has 3 aromatic rings. The highest BCUT2D eigenvalue weighted by Crippen LogP contribution is 2.39. The van der Waals surface area contributed by atoms with Gasteiger partial charge in [0.2, 0.25) is 15.9 Å². The predicted octanol–water partition coefficient (Wildman–Crippen LogP) is 5.61. The van der Waals surface area contributed by atoms with E-state index in [2.05, 4.69) is 15.6 Å². The highest BCUT2D eigenvalue weighted by atomic mass is 35.5. The third kappa shape index (κ3) is 8.93. The molecule has 2 amide bonds. The normalized spacial score (nSPS) is 18.8. The standard InChI is InChI=1S/C34H35Cl2N5O6S2/c1-2-47-34(44)29(15-21-10-12-23(13-11-21)39-33(43)31-27(35)18-38-19-28(31)36)40-32(42)30-16-25(48-24-7-3-4-8-24)20-41(30)49(45,46)26-9-5-6-22(14-26)17-37/h5-6,9-14,18-19,24-25,29-30H,2-4,7-8,15-16,20H2,1H3,(H,39,43)(H,40,42)/t25-,29+,30+/m1/s1. The van der Waals surface area contributed by atoms with Crippen LogP contribution >= 0.6 is 35.0 Å². The lowest BCUT2D eigenvalue weighted by molar-refractivity contribution is -0.147. The van der Waals surface area contributed by atoms with Crippen molar-refractivity contribution in [3.63, 3.8) is 0 Å². The van der Waals surface area contributed by atoms with Gasteiger partial charge in [-0.15, -0.1) is 0 Å². The van der Waals surface area contributed by atoms with Crippen molar-refractivity contribution >= 4 is 68.5 Å². The summed E-state index contributed by atoms with van der Waals surface area (Å²) in [6.45, 7) is 1.86. The number of nitrogens with one attached hydrogen (secondary N) is 2. The molecule has 1 aliphatic heterocycles. The predicted molar refractivity (Wildman–Crippen MR) is 188 cm³/mol. The van der Waals surface area contributed by atoms with Crippen molar-refractivity contribution in [2.75, 3.05) is 18.5 Å². The van der Waals surface area contributed by atoms with Crippen LogP contribution in [0.25, 0.3) is 0 Å². The van der Waals surface area contributed by atoms with Gasteiger partial charge in [-0.25, -0.2) is 13.2 Å². The van der Waals surface area contributed by atoms with Crippen LogP contribution in [0.15, 0.2) is 65.8 Å². The molecule has 11 nitrogen and oxygen atoms in total. The zero-order chi connectivity index (χ0) is 35.1. The number of aromatic nitrogens is 1. The summed E-state index contributed by atoms with van der Waals surface area (Å²) >= 11 is 13.9. The highest BCUT2D eigenvalue weighted by molar-refractivity contribution is 8.00. The van der Waals surface area contributed by atoms with Crippen molar-refractivity contribution in [1.82, 2.24) is 14.6 Å². The van der Waals surface area contributed by atoms with E-state index in [1.54, 1.807) is 43.0 Å². The summed E-state index contributed by atoms with van der Waals surface area (Å²) in [5.41, 5.74) is 1.36. The molecular formula is C34H35Cl2N5O6S2. The molecule has 2 N–H and O–H groups in total. The third-order valence-corrected chi connectivity index (χ3v) is 12.4. The van der Waals surface area contributed by atoms with Crippen molar-refractivity contribution in [2.45, 2.75) is 72.9 Å². The van der Waals surface area contributed by atoms with E-state index in [1.165, 1.54) is 41.0 Å². The van der Waals surface area contributed by atoms with Crippen LogP contribution in [0.4, 0.5) is 5.69 Å². The van der Waals surface area contributed by atoms with Gasteiger partial charge in [-0.1, -0.05) is 54.2 Å². The minimum Gasteiger partial charge on any atom is -0.464 e. The molecule has 1 saturated heterocycles. The molecule has 0 spiro atoms. The van der Waals surface area contributed by atoms with Crippen LogP contribution in [-0.4, -0.2) is 71.2 Å². The van der Waals surface area contributed by atoms with Crippen molar-refractivity contribution in [3.8, 4) is 6.07 Å². The molecule has 2 aliphatic rings. The molecule has 2 fully saturated rings. The largest absolute Gasteiger partial charge is 0.464 e. The number of carbonyl (C=O) groups is 3. The molecule has 0 unspecified atom stereocenters. The first-order valence-corrected chi connectivity index (χ1v) is 19.0. The maximum Gasteiger partial charge on any atom is 0.328 e. The fourth-order valence-electron chi connectivity index (χ4n) is 6.01. The van der Waals surface area contributed by atoms with Crippen molar-refractivity contribution in [3.05, 3.63) is 87.7 Å². The number of nitrogens with zero attached hydrogens (tertiary/aromatic N) is 3. The maximum atomic E-state index is 14.0. The zero-order valence-electron chi connectivity index (χ0n) is 26.6. The van der Waals surface area contributed by atoms with E-state index in [0.29, 0.717) is 16.5 Å². The number of nitriles is 1. The van der Waals surface area contributed by atoms with Crippen LogP contribution in [0, 0.1) is 11.3 Å². The summed E-state index contributed by atoms with van der Waals surface area (Å²) in [6.07, 6.45) is 7.30. The lowest BCUT2D eigenvalue weighted by Gasteiger charge is -2.25. The summed E-state index contributed by atoms with van der Waals surface area (Å²) in [6, 6.07) is 12.1. The SMILES string of the molecule is CCOC(=O)[C@H](Cc1ccc(NC(=O)c2c(Cl)cncc2Cl)cc1)NC(=O)[C@@H]1C[C@@H](SC2CCCC2)CN1S(=O)(=O)c1cccc(C#N)c1. The molecule has 1 aromatic heterocycles. The Morgan fingerprint density at radius 1 is 1.08 bits per heavy atom. The summed E-state index contributed by atoms with van der Waals surface area (Å²) < 4.78 is 34.4. The molecule has 15 heteroatoms. The van der Waals surface area contributed by atoms with Gasteiger partial charge in [0.05, 0.1) is 38.7 Å². The van der Waals surface area contributed by atoms with E-state index < -0.39 is 39.9 Å². The number of rotatable bonds is 12. The number of pyridine rings is 1. The number of ether oxygens (including phenoxy) is 1. The van der Waals surface area contributed by atoms with Crippen molar-refractivity contribution in [1.29, 1.82) is 5.26 Å². The number of hydrogen-bond acceptors (Lipinski definition) is 9. The van der Waals surface area contributed by atoms with Gasteiger partial charge in [0, 0.05) is 41.5 Å². The number of carbonyl (C=O) groups excluding carboxylic acids is 3. The van der Waals surface area contributed by atoms with Crippen LogP contribution in [0.5, 0.6) is 0 Å². The number of benzene rings is 2. The summed E-state index contributed by atoms with van der Waals surface area (Å²) in [7, 11) is -4.16. The van der Waals surface area contributed by atoms with Crippen LogP contribution in [0.2, 0.25) is 10.0 Å². The van der Waals surface area contributed by atoms with Crippen LogP contribution in [-0.2, 0) is 30.8 Å². The Bertz CT molecular complexity index is 1830. The summed E-state index contributed by atoms with van der Waals surface area (Å²) in [5.74, 6) is -1.80. The highest BCUT2D eigenvalue weighted by Gasteiger charge is 2.45. The van der Waals surface area contributed by atoms with Crippen LogP contribution < -0.4 is 10.6 Å². The van der Waals surface area contributed by atoms with Crippen LogP contribution in [0.1, 0.15) is 60.5 Å². The molecule has 0 radical (unpaired) electrons. The average molecular weight is 745 g/mol. The number of hydrogen-bond donors (Lipinski definition) is 2. The lowest BCUT2D eigenvalue weighted by atomic mass is 10.0. The van der Waals surface area contributed by atoms with Gasteiger partial charge in [0.25, 0.3) is 5.91 Å². The van der Waals surface area contributed by atoms with Gasteiger partial charge in [-0.3, -0.25) is 14.6 Å². The van der Waals surface area contributed by atoms with E-state index in [9.17, 15) is 28.1 Å². The quantitative estimate of drug-likeness (QED) is 0.225. The minimum atomic E-state index is -4.16. The topological polar surface area (TPSA) is 159 Å². The Labute approximate surface area is 299 Å². The second-order valence-electron chi connectivity index (χ2n) is 11.8. The van der Waals surface area contributed by atoms with Gasteiger partial charge in [0.15, 0.2) is 0 Å². The second-order valence-corrected chi connectivity index (χ2v) is 16.1. The number of halogens is 2. The molecule has 1 aliphatic carbocycles. The van der Waals surface area contributed by atoms with Gasteiger partial charge in [-0.2, -0.15) is 21.3 Å². The zero-order valence-corrected chi connectivity index (χ0v) is 29.7. The average Bonchev–Trinajstić information content (AvgIpc) is 3.76. The molecule has 1 saturated carbocycles. The van der Waals surface area contributed by atoms with Crippen LogP contribution in [0.3, 0.4) is 0 Å². The number of anilines is 1. The number of esters is 1. The second kappa shape index (κ2) is 16.4. The number of amides is 2. The molecule has 2 aromatic carbocycles. The molecule has 0 bridgehead atoms. The fraction of sp³-hybridized carbons (Fsp3) is 0.382. The minimum absolute atomic E-state index is 0.0464. The van der Waals surface area contributed by atoms with Crippen molar-refractivity contribution in [2.24, 2.45) is 0 Å². The van der Waals surface area contributed by atoms with E-state index >= 15 is 0 Å². The Morgan fingerprint density at radius 3 is 2.43 bits per heavy atom. The summed E-state index contributed by atoms with van der Waals surface area (Å²) in [4.78, 5) is 43.6. The first kappa shape index (κ1) is 36.6. The lowest BCUT2D eigenvalue weighted by Crippen LogP contribution is -2.51. The Morgan fingerprint density at radius 2 is 1.78 bits per heavy atom. The monoisotopic (exact) mass is 743 g/mol. The number of thioether (sulfide) groups is 1. The Kier molecular flexibility index (Phi) is 12.2. The molecule has 5 rings (SSSR count). The smallest absolute Gasteiger partial charge is 0.328 e. The third-order valence-electron chi connectivity index (χ3n) is 8.40. The maximum absolute atomic E-state index is 14.0. The van der Waals surface area contributed by atoms with Crippen molar-refractivity contribution < 1.29 is 27.5 Å². The van der Waals surface area contributed by atoms with E-state index in [4.69, 9.17) is 27.9 Å². The molecule has 258 valence electrons. The Balaban J connectivity index is 1.34. The Hall–Kier alpha value is -3.67. The first-order chi connectivity index (χ1) is 23.5. The first-order valence-electron chi connectivity index (χ1n) is 15.8. The molecule has 49 heavy (non-hydrogen) atoms. The van der Waals surface area contributed by atoms with Gasteiger partial charge in [0.1, 0.15) is 12.1 Å². The van der Waals surface area contributed by atoms with E-state index in [1.807, 2.05) is 6.07 Å². The number of sulfonamides is 1. The molecule has 3 atom stereocenters. The van der Waals surface area contributed by atoms with Gasteiger partial charge in [-0.05, 0) is 62.1 Å². The summed E-state index contributed by atoms with van der Waals surface area (Å²) in [5, 5.41) is 15.4. The molecule has 2 heterocycles. The van der Waals surface area contributed by atoms with Gasteiger partial charge < -0.3 is 15.4 Å². The molecular weight excluding hydrogens is 709 g/mol.